The summed E-state index contributed by atoms with van der Waals surface area (Å²) >= 11 is 0. The number of benzene rings is 4. The highest BCUT2D eigenvalue weighted by molar-refractivity contribution is 5.93. The maximum absolute atomic E-state index is 11.5. The molecule has 0 atom stereocenters. The van der Waals surface area contributed by atoms with Crippen molar-refractivity contribution in [3.63, 3.8) is 0 Å². The van der Waals surface area contributed by atoms with Gasteiger partial charge in [0.2, 0.25) is 0 Å². The smallest absolute Gasteiger partial charge is 0.292 e. The van der Waals surface area contributed by atoms with Gasteiger partial charge in [-0.3, -0.25) is 10.1 Å². The van der Waals surface area contributed by atoms with Crippen molar-refractivity contribution in [1.82, 2.24) is 0 Å². The minimum absolute atomic E-state index is 0.0457. The van der Waals surface area contributed by atoms with Crippen LogP contribution in [0.1, 0.15) is 0 Å². The first kappa shape index (κ1) is 17.5. The SMILES string of the molecule is O=[N+]([O-])c1ccccc1Nc1c(-c2ccccc2)cccc1-c1ccccc1. The number of nitro benzene ring substituents is 1. The van der Waals surface area contributed by atoms with Gasteiger partial charge in [0.25, 0.3) is 5.69 Å². The fourth-order valence-corrected chi connectivity index (χ4v) is 3.28. The number of hydrogen-bond acceptors (Lipinski definition) is 3. The third-order valence-corrected chi connectivity index (χ3v) is 4.59. The summed E-state index contributed by atoms with van der Waals surface area (Å²) in [6, 6.07) is 32.8. The van der Waals surface area contributed by atoms with Crippen molar-refractivity contribution < 1.29 is 4.92 Å². The highest BCUT2D eigenvalue weighted by Crippen LogP contribution is 2.40. The number of para-hydroxylation sites is 3. The van der Waals surface area contributed by atoms with Gasteiger partial charge in [0.05, 0.1) is 10.6 Å². The number of nitro groups is 1. The highest BCUT2D eigenvalue weighted by atomic mass is 16.6. The summed E-state index contributed by atoms with van der Waals surface area (Å²) in [5.74, 6) is 0. The van der Waals surface area contributed by atoms with E-state index in [1.165, 1.54) is 6.07 Å². The highest BCUT2D eigenvalue weighted by Gasteiger charge is 2.17. The molecule has 0 heterocycles. The van der Waals surface area contributed by atoms with Crippen molar-refractivity contribution in [3.8, 4) is 22.3 Å². The van der Waals surface area contributed by atoms with Crippen molar-refractivity contribution in [2.75, 3.05) is 5.32 Å². The molecule has 4 rings (SSSR count). The standard InChI is InChI=1S/C24H18N2O2/c27-26(28)23-17-8-7-16-22(23)25-24-20(18-10-3-1-4-11-18)14-9-15-21(24)19-12-5-2-6-13-19/h1-17,25H. The second-order valence-corrected chi connectivity index (χ2v) is 6.36. The number of nitrogens with zero attached hydrogens (tertiary/aromatic N) is 1. The fraction of sp³-hybridized carbons (Fsp3) is 0. The van der Waals surface area contributed by atoms with E-state index in [1.807, 2.05) is 78.9 Å². The Labute approximate surface area is 163 Å². The average Bonchev–Trinajstić information content (AvgIpc) is 2.75. The topological polar surface area (TPSA) is 55.2 Å². The van der Waals surface area contributed by atoms with Gasteiger partial charge in [-0.1, -0.05) is 91.0 Å². The van der Waals surface area contributed by atoms with Gasteiger partial charge in [-0.25, -0.2) is 0 Å². The van der Waals surface area contributed by atoms with Crippen molar-refractivity contribution in [2.24, 2.45) is 0 Å². The predicted molar refractivity (Wildman–Crippen MR) is 114 cm³/mol. The van der Waals surface area contributed by atoms with Crippen LogP contribution in [0, 0.1) is 10.1 Å². The molecule has 4 aromatic carbocycles. The zero-order chi connectivity index (χ0) is 19.3. The van der Waals surface area contributed by atoms with E-state index < -0.39 is 0 Å². The van der Waals surface area contributed by atoms with Gasteiger partial charge in [0.15, 0.2) is 0 Å². The Morgan fingerprint density at radius 2 is 1.11 bits per heavy atom. The maximum atomic E-state index is 11.5. The molecule has 4 aromatic rings. The zero-order valence-corrected chi connectivity index (χ0v) is 15.1. The van der Waals surface area contributed by atoms with Crippen molar-refractivity contribution in [3.05, 3.63) is 113 Å². The molecule has 4 nitrogen and oxygen atoms in total. The third-order valence-electron chi connectivity index (χ3n) is 4.59. The largest absolute Gasteiger partial charge is 0.349 e. The van der Waals surface area contributed by atoms with Crippen LogP contribution in [0.3, 0.4) is 0 Å². The first-order chi connectivity index (χ1) is 13.7. The summed E-state index contributed by atoms with van der Waals surface area (Å²) in [6.07, 6.45) is 0. The number of anilines is 2. The normalized spacial score (nSPS) is 10.4. The summed E-state index contributed by atoms with van der Waals surface area (Å²) in [5, 5.41) is 14.8. The lowest BCUT2D eigenvalue weighted by Gasteiger charge is -2.17. The second-order valence-electron chi connectivity index (χ2n) is 6.36. The molecule has 0 radical (unpaired) electrons. The van der Waals surface area contributed by atoms with Gasteiger partial charge in [-0.05, 0) is 17.2 Å². The monoisotopic (exact) mass is 366 g/mol. The molecule has 1 N–H and O–H groups in total. The van der Waals surface area contributed by atoms with E-state index >= 15 is 0 Å². The Morgan fingerprint density at radius 3 is 1.64 bits per heavy atom. The van der Waals surface area contributed by atoms with Crippen molar-refractivity contribution in [1.29, 1.82) is 0 Å². The van der Waals surface area contributed by atoms with E-state index in [9.17, 15) is 10.1 Å². The van der Waals surface area contributed by atoms with Crippen LogP contribution in [0.2, 0.25) is 0 Å². The molecule has 28 heavy (non-hydrogen) atoms. The number of hydrogen-bond donors (Lipinski definition) is 1. The van der Waals surface area contributed by atoms with Crippen molar-refractivity contribution in [2.45, 2.75) is 0 Å². The molecule has 0 aliphatic rings. The molecule has 0 aliphatic carbocycles. The second kappa shape index (κ2) is 7.76. The van der Waals surface area contributed by atoms with Gasteiger partial charge in [-0.15, -0.1) is 0 Å². The molecule has 0 unspecified atom stereocenters. The minimum Gasteiger partial charge on any atom is -0.349 e. The van der Waals surface area contributed by atoms with E-state index in [4.69, 9.17) is 0 Å². The number of rotatable bonds is 5. The summed E-state index contributed by atoms with van der Waals surface area (Å²) in [7, 11) is 0. The van der Waals surface area contributed by atoms with Crippen LogP contribution < -0.4 is 5.32 Å². The quantitative estimate of drug-likeness (QED) is 0.317. The van der Waals surface area contributed by atoms with Crippen LogP contribution in [0.4, 0.5) is 17.1 Å². The third kappa shape index (κ3) is 3.48. The molecule has 0 saturated carbocycles. The predicted octanol–water partition coefficient (Wildman–Crippen LogP) is 6.67. The molecule has 0 aromatic heterocycles. The van der Waals surface area contributed by atoms with Crippen LogP contribution in [-0.2, 0) is 0 Å². The summed E-state index contributed by atoms with van der Waals surface area (Å²) in [4.78, 5) is 11.1. The maximum Gasteiger partial charge on any atom is 0.292 e. The van der Waals surface area contributed by atoms with Crippen LogP contribution in [-0.4, -0.2) is 4.92 Å². The Balaban J connectivity index is 1.92. The van der Waals surface area contributed by atoms with E-state index in [1.54, 1.807) is 18.2 Å². The van der Waals surface area contributed by atoms with Gasteiger partial charge in [-0.2, -0.15) is 0 Å². The lowest BCUT2D eigenvalue weighted by Crippen LogP contribution is -2.00. The molecule has 4 heteroatoms. The molecular formula is C24H18N2O2. The zero-order valence-electron chi connectivity index (χ0n) is 15.1. The molecule has 0 fully saturated rings. The van der Waals surface area contributed by atoms with Gasteiger partial charge < -0.3 is 5.32 Å². The van der Waals surface area contributed by atoms with E-state index in [0.29, 0.717) is 5.69 Å². The lowest BCUT2D eigenvalue weighted by atomic mass is 9.95. The lowest BCUT2D eigenvalue weighted by molar-refractivity contribution is -0.383. The molecule has 136 valence electrons. The van der Waals surface area contributed by atoms with Gasteiger partial charge >= 0.3 is 0 Å². The Morgan fingerprint density at radius 1 is 0.607 bits per heavy atom. The summed E-state index contributed by atoms with van der Waals surface area (Å²) in [5.41, 5.74) is 5.41. The summed E-state index contributed by atoms with van der Waals surface area (Å²) in [6.45, 7) is 0. The molecule has 0 spiro atoms. The summed E-state index contributed by atoms with van der Waals surface area (Å²) < 4.78 is 0. The van der Waals surface area contributed by atoms with Crippen LogP contribution in [0.25, 0.3) is 22.3 Å². The first-order valence-corrected chi connectivity index (χ1v) is 8.98. The van der Waals surface area contributed by atoms with Crippen LogP contribution in [0.5, 0.6) is 0 Å². The fourth-order valence-electron chi connectivity index (χ4n) is 3.28. The van der Waals surface area contributed by atoms with Crippen LogP contribution in [0.15, 0.2) is 103 Å². The van der Waals surface area contributed by atoms with Crippen molar-refractivity contribution >= 4 is 17.1 Å². The van der Waals surface area contributed by atoms with E-state index in [0.717, 1.165) is 27.9 Å². The minimum atomic E-state index is -0.365. The van der Waals surface area contributed by atoms with E-state index in [2.05, 4.69) is 5.32 Å². The molecule has 0 aliphatic heterocycles. The molecular weight excluding hydrogens is 348 g/mol. The van der Waals surface area contributed by atoms with Gasteiger partial charge in [0.1, 0.15) is 5.69 Å². The first-order valence-electron chi connectivity index (χ1n) is 8.98. The average molecular weight is 366 g/mol. The number of nitrogens with one attached hydrogen (secondary N) is 1. The van der Waals surface area contributed by atoms with Crippen LogP contribution >= 0.6 is 0 Å². The Hall–Kier alpha value is -3.92. The van der Waals surface area contributed by atoms with Gasteiger partial charge in [0, 0.05) is 17.2 Å². The molecule has 0 saturated heterocycles. The molecule has 0 amide bonds. The Kier molecular flexibility index (Phi) is 4.85. The van der Waals surface area contributed by atoms with E-state index in [-0.39, 0.29) is 10.6 Å². The molecule has 0 bridgehead atoms. The Bertz CT molecular complexity index is 1050.